The molecule has 0 bridgehead atoms. The van der Waals surface area contributed by atoms with E-state index in [1.807, 2.05) is 25.1 Å². The predicted molar refractivity (Wildman–Crippen MR) is 63.5 cm³/mol. The second kappa shape index (κ2) is 5.27. The van der Waals surface area contributed by atoms with E-state index in [-0.39, 0.29) is 6.61 Å². The maximum atomic E-state index is 9.17. The molecule has 5 nitrogen and oxygen atoms in total. The summed E-state index contributed by atoms with van der Waals surface area (Å²) in [6.07, 6.45) is -0.715. The van der Waals surface area contributed by atoms with Crippen LogP contribution in [0.2, 0.25) is 0 Å². The summed E-state index contributed by atoms with van der Waals surface area (Å²) in [6.45, 7) is 2.58. The van der Waals surface area contributed by atoms with Crippen LogP contribution in [0.4, 0.5) is 0 Å². The number of hydrogen-bond donors (Lipinski definition) is 3. The van der Waals surface area contributed by atoms with Crippen LogP contribution in [-0.2, 0) is 6.54 Å². The summed E-state index contributed by atoms with van der Waals surface area (Å²) < 4.78 is 5.38. The lowest BCUT2D eigenvalue weighted by atomic mass is 10.2. The van der Waals surface area contributed by atoms with Gasteiger partial charge in [-0.15, -0.1) is 0 Å². The third kappa shape index (κ3) is 3.03. The summed E-state index contributed by atoms with van der Waals surface area (Å²) in [6, 6.07) is 5.78. The largest absolute Gasteiger partial charge is 0.441 e. The lowest BCUT2D eigenvalue weighted by Gasteiger charge is -2.08. The van der Waals surface area contributed by atoms with Crippen LogP contribution >= 0.6 is 0 Å². The van der Waals surface area contributed by atoms with Gasteiger partial charge in [-0.2, -0.15) is 0 Å². The fraction of sp³-hybridized carbons (Fsp3) is 0.417. The van der Waals surface area contributed by atoms with E-state index in [4.69, 9.17) is 9.52 Å². The van der Waals surface area contributed by atoms with Crippen LogP contribution < -0.4 is 5.32 Å². The number of aryl methyl sites for hydroxylation is 1. The molecular formula is C12H16N2O3. The van der Waals surface area contributed by atoms with Crippen molar-refractivity contribution in [1.82, 2.24) is 10.3 Å². The highest BCUT2D eigenvalue weighted by molar-refractivity contribution is 5.73. The van der Waals surface area contributed by atoms with Crippen molar-refractivity contribution in [3.8, 4) is 0 Å². The van der Waals surface area contributed by atoms with Gasteiger partial charge in [-0.25, -0.2) is 4.98 Å². The minimum atomic E-state index is -0.715. The van der Waals surface area contributed by atoms with E-state index in [0.29, 0.717) is 19.0 Å². The molecule has 2 aromatic rings. The molecule has 0 saturated carbocycles. The standard InChI is InChI=1S/C12H16N2O3/c1-8-14-11-4-9(2-3-12(11)17-8)5-13-6-10(16)7-15/h2-4,10,13,15-16H,5-7H2,1H3. The molecule has 3 N–H and O–H groups in total. The monoisotopic (exact) mass is 236 g/mol. The van der Waals surface area contributed by atoms with Crippen LogP contribution in [0.3, 0.4) is 0 Å². The summed E-state index contributed by atoms with van der Waals surface area (Å²) in [7, 11) is 0. The second-order valence-electron chi connectivity index (χ2n) is 4.00. The quantitative estimate of drug-likeness (QED) is 0.707. The molecule has 0 spiro atoms. The first-order valence-electron chi connectivity index (χ1n) is 5.55. The molecule has 0 aliphatic heterocycles. The Morgan fingerprint density at radius 1 is 1.47 bits per heavy atom. The molecule has 1 aromatic carbocycles. The summed E-state index contributed by atoms with van der Waals surface area (Å²) in [5.74, 6) is 0.654. The van der Waals surface area contributed by atoms with Crippen LogP contribution in [0.25, 0.3) is 11.1 Å². The molecule has 0 saturated heterocycles. The van der Waals surface area contributed by atoms with E-state index in [1.54, 1.807) is 0 Å². The molecule has 1 atom stereocenters. The fourth-order valence-corrected chi connectivity index (χ4v) is 1.65. The Morgan fingerprint density at radius 3 is 3.06 bits per heavy atom. The molecule has 0 radical (unpaired) electrons. The second-order valence-corrected chi connectivity index (χ2v) is 4.00. The van der Waals surface area contributed by atoms with Gasteiger partial charge in [0.15, 0.2) is 11.5 Å². The number of hydrogen-bond acceptors (Lipinski definition) is 5. The number of benzene rings is 1. The van der Waals surface area contributed by atoms with Gasteiger partial charge < -0.3 is 19.9 Å². The molecule has 17 heavy (non-hydrogen) atoms. The summed E-state index contributed by atoms with van der Waals surface area (Å²) >= 11 is 0. The van der Waals surface area contributed by atoms with E-state index in [1.165, 1.54) is 0 Å². The number of nitrogens with zero attached hydrogens (tertiary/aromatic N) is 1. The van der Waals surface area contributed by atoms with E-state index in [2.05, 4.69) is 10.3 Å². The van der Waals surface area contributed by atoms with Crippen molar-refractivity contribution in [3.05, 3.63) is 29.7 Å². The number of fused-ring (bicyclic) bond motifs is 1. The molecule has 0 aliphatic carbocycles. The van der Waals surface area contributed by atoms with E-state index < -0.39 is 6.10 Å². The fourth-order valence-electron chi connectivity index (χ4n) is 1.65. The minimum Gasteiger partial charge on any atom is -0.441 e. The van der Waals surface area contributed by atoms with Crippen LogP contribution in [0, 0.1) is 6.92 Å². The smallest absolute Gasteiger partial charge is 0.192 e. The van der Waals surface area contributed by atoms with Gasteiger partial charge in [-0.1, -0.05) is 6.07 Å². The highest BCUT2D eigenvalue weighted by Crippen LogP contribution is 2.16. The Morgan fingerprint density at radius 2 is 2.29 bits per heavy atom. The van der Waals surface area contributed by atoms with E-state index in [0.717, 1.165) is 16.7 Å². The predicted octanol–water partition coefficient (Wildman–Crippen LogP) is 0.579. The molecule has 5 heteroatoms. The van der Waals surface area contributed by atoms with Crippen LogP contribution in [0.5, 0.6) is 0 Å². The summed E-state index contributed by atoms with van der Waals surface area (Å²) in [5, 5.41) is 20.9. The Hall–Kier alpha value is -1.43. The molecule has 1 unspecified atom stereocenters. The van der Waals surface area contributed by atoms with Gasteiger partial charge >= 0.3 is 0 Å². The Kier molecular flexibility index (Phi) is 3.73. The Bertz CT molecular complexity index is 495. The van der Waals surface area contributed by atoms with Crippen molar-refractivity contribution >= 4 is 11.1 Å². The van der Waals surface area contributed by atoms with Crippen molar-refractivity contribution < 1.29 is 14.6 Å². The molecule has 0 amide bonds. The normalized spacial score (nSPS) is 13.1. The van der Waals surface area contributed by atoms with Crippen molar-refractivity contribution in [2.45, 2.75) is 19.6 Å². The molecule has 0 aliphatic rings. The Balaban J connectivity index is 1.99. The molecule has 1 heterocycles. The topological polar surface area (TPSA) is 78.5 Å². The first kappa shape index (κ1) is 12.0. The zero-order chi connectivity index (χ0) is 12.3. The summed E-state index contributed by atoms with van der Waals surface area (Å²) in [4.78, 5) is 4.25. The Labute approximate surface area is 99.1 Å². The van der Waals surface area contributed by atoms with Gasteiger partial charge in [-0.3, -0.25) is 0 Å². The SMILES string of the molecule is Cc1nc2cc(CNCC(O)CO)ccc2o1. The summed E-state index contributed by atoms with van der Waals surface area (Å²) in [5.41, 5.74) is 2.68. The van der Waals surface area contributed by atoms with E-state index in [9.17, 15) is 5.11 Å². The third-order valence-corrected chi connectivity index (χ3v) is 2.48. The van der Waals surface area contributed by atoms with Crippen LogP contribution in [0.1, 0.15) is 11.5 Å². The molecule has 92 valence electrons. The van der Waals surface area contributed by atoms with Gasteiger partial charge in [0.25, 0.3) is 0 Å². The number of aromatic nitrogens is 1. The maximum Gasteiger partial charge on any atom is 0.192 e. The van der Waals surface area contributed by atoms with Crippen LogP contribution in [0.15, 0.2) is 22.6 Å². The van der Waals surface area contributed by atoms with Gasteiger partial charge in [0.1, 0.15) is 5.52 Å². The van der Waals surface area contributed by atoms with Gasteiger partial charge in [-0.05, 0) is 17.7 Å². The third-order valence-electron chi connectivity index (χ3n) is 2.48. The number of oxazole rings is 1. The highest BCUT2D eigenvalue weighted by Gasteiger charge is 2.04. The first-order chi connectivity index (χ1) is 8.19. The van der Waals surface area contributed by atoms with Crippen molar-refractivity contribution in [3.63, 3.8) is 0 Å². The minimum absolute atomic E-state index is 0.228. The van der Waals surface area contributed by atoms with Gasteiger partial charge in [0.05, 0.1) is 12.7 Å². The zero-order valence-corrected chi connectivity index (χ0v) is 9.68. The lowest BCUT2D eigenvalue weighted by Crippen LogP contribution is -2.28. The average Bonchev–Trinajstić information content (AvgIpc) is 2.68. The van der Waals surface area contributed by atoms with Crippen molar-refractivity contribution in [1.29, 1.82) is 0 Å². The number of aliphatic hydroxyl groups is 2. The molecule has 0 fully saturated rings. The number of rotatable bonds is 5. The first-order valence-corrected chi connectivity index (χ1v) is 5.55. The zero-order valence-electron chi connectivity index (χ0n) is 9.68. The lowest BCUT2D eigenvalue weighted by molar-refractivity contribution is 0.0942. The van der Waals surface area contributed by atoms with Gasteiger partial charge in [0, 0.05) is 20.0 Å². The highest BCUT2D eigenvalue weighted by atomic mass is 16.3. The molecule has 1 aromatic heterocycles. The van der Waals surface area contributed by atoms with Crippen molar-refractivity contribution in [2.75, 3.05) is 13.2 Å². The maximum absolute atomic E-state index is 9.17. The van der Waals surface area contributed by atoms with Crippen LogP contribution in [-0.4, -0.2) is 34.5 Å². The molecule has 2 rings (SSSR count). The van der Waals surface area contributed by atoms with Gasteiger partial charge in [0.2, 0.25) is 0 Å². The average molecular weight is 236 g/mol. The van der Waals surface area contributed by atoms with Crippen molar-refractivity contribution in [2.24, 2.45) is 0 Å². The number of aliphatic hydroxyl groups excluding tert-OH is 2. The molecular weight excluding hydrogens is 220 g/mol. The van der Waals surface area contributed by atoms with E-state index >= 15 is 0 Å². The number of nitrogens with one attached hydrogen (secondary N) is 1.